The maximum atomic E-state index is 13.6. The standard InChI is InChI=1S/C27H18F3N3O4/c28-27(29,30)17-10-11-21(37-20-9-5-4-8-16(20)12-15-6-2-1-3-7-15)19(13-17)33-22(34)14-18-23(24(33)31)26(36)32-25(18)35/h1-11,13-14H,12,31H2,(H,32,35,36). The molecule has 0 spiro atoms. The van der Waals surface area contributed by atoms with Crippen LogP contribution in [0.2, 0.25) is 0 Å². The molecule has 186 valence electrons. The number of pyridine rings is 1. The average Bonchev–Trinajstić information content (AvgIpc) is 3.14. The van der Waals surface area contributed by atoms with E-state index in [2.05, 4.69) is 0 Å². The van der Waals surface area contributed by atoms with Crippen molar-refractivity contribution < 1.29 is 27.5 Å². The number of alkyl halides is 3. The number of nitrogens with two attached hydrogens (primary N) is 1. The number of hydrogen-bond donors (Lipinski definition) is 2. The van der Waals surface area contributed by atoms with E-state index in [1.807, 2.05) is 41.7 Å². The molecule has 1 aliphatic rings. The Bertz CT molecular complexity index is 1610. The van der Waals surface area contributed by atoms with Crippen LogP contribution >= 0.6 is 0 Å². The number of imide groups is 1. The summed E-state index contributed by atoms with van der Waals surface area (Å²) in [6, 6.07) is 20.0. The van der Waals surface area contributed by atoms with E-state index >= 15 is 0 Å². The summed E-state index contributed by atoms with van der Waals surface area (Å²) in [5.41, 5.74) is 5.00. The Morgan fingerprint density at radius 3 is 2.27 bits per heavy atom. The summed E-state index contributed by atoms with van der Waals surface area (Å²) in [5, 5.41) is 2.03. The van der Waals surface area contributed by atoms with Gasteiger partial charge in [0.15, 0.2) is 5.75 Å². The second-order valence-electron chi connectivity index (χ2n) is 8.33. The van der Waals surface area contributed by atoms with Crippen LogP contribution in [0.5, 0.6) is 11.5 Å². The number of anilines is 1. The smallest absolute Gasteiger partial charge is 0.416 e. The molecule has 2 heterocycles. The zero-order valence-electron chi connectivity index (χ0n) is 19.0. The Hall–Kier alpha value is -4.86. The summed E-state index contributed by atoms with van der Waals surface area (Å²) in [5.74, 6) is -1.90. The van der Waals surface area contributed by atoms with Crippen molar-refractivity contribution in [1.29, 1.82) is 0 Å². The highest BCUT2D eigenvalue weighted by atomic mass is 19.4. The van der Waals surface area contributed by atoms with Crippen molar-refractivity contribution in [3.05, 3.63) is 117 Å². The number of aromatic nitrogens is 1. The summed E-state index contributed by atoms with van der Waals surface area (Å²) in [4.78, 5) is 37.3. The van der Waals surface area contributed by atoms with Crippen LogP contribution in [0.25, 0.3) is 5.69 Å². The summed E-state index contributed by atoms with van der Waals surface area (Å²) in [6.07, 6.45) is -4.25. The van der Waals surface area contributed by atoms with Gasteiger partial charge >= 0.3 is 6.18 Å². The third kappa shape index (κ3) is 4.44. The lowest BCUT2D eigenvalue weighted by atomic mass is 10.0. The molecule has 0 saturated heterocycles. The van der Waals surface area contributed by atoms with E-state index < -0.39 is 34.9 Å². The number of halogens is 3. The molecule has 1 aromatic heterocycles. The van der Waals surface area contributed by atoms with Gasteiger partial charge in [-0.1, -0.05) is 48.5 Å². The summed E-state index contributed by atoms with van der Waals surface area (Å²) < 4.78 is 47.6. The molecule has 7 nitrogen and oxygen atoms in total. The number of nitrogens with one attached hydrogen (secondary N) is 1. The molecule has 0 atom stereocenters. The maximum Gasteiger partial charge on any atom is 0.416 e. The van der Waals surface area contributed by atoms with Gasteiger partial charge in [-0.05, 0) is 35.4 Å². The van der Waals surface area contributed by atoms with E-state index in [4.69, 9.17) is 10.5 Å². The quantitative estimate of drug-likeness (QED) is 0.383. The number of ether oxygens (including phenoxy) is 1. The van der Waals surface area contributed by atoms with Crippen molar-refractivity contribution in [2.75, 3.05) is 5.73 Å². The molecule has 0 saturated carbocycles. The van der Waals surface area contributed by atoms with Gasteiger partial charge in [0, 0.05) is 12.5 Å². The van der Waals surface area contributed by atoms with Crippen molar-refractivity contribution in [3.8, 4) is 17.2 Å². The minimum absolute atomic E-state index is 0.105. The fourth-order valence-corrected chi connectivity index (χ4v) is 4.17. The van der Waals surface area contributed by atoms with Gasteiger partial charge in [-0.15, -0.1) is 0 Å². The van der Waals surface area contributed by atoms with Crippen LogP contribution in [-0.2, 0) is 12.6 Å². The van der Waals surface area contributed by atoms with E-state index in [1.165, 1.54) is 0 Å². The molecule has 3 aromatic carbocycles. The van der Waals surface area contributed by atoms with Gasteiger partial charge < -0.3 is 10.5 Å². The Morgan fingerprint density at radius 2 is 1.54 bits per heavy atom. The van der Waals surface area contributed by atoms with Gasteiger partial charge in [0.05, 0.1) is 22.4 Å². The van der Waals surface area contributed by atoms with Crippen LogP contribution in [0.1, 0.15) is 37.4 Å². The Kier molecular flexibility index (Phi) is 5.79. The molecule has 0 aliphatic carbocycles. The number of nitrogens with zero attached hydrogens (tertiary/aromatic N) is 1. The molecule has 1 aliphatic heterocycles. The number of amides is 2. The number of carbonyl (C=O) groups is 2. The number of hydrogen-bond acceptors (Lipinski definition) is 5. The number of fused-ring (bicyclic) bond motifs is 1. The third-order valence-electron chi connectivity index (χ3n) is 5.91. The number of carbonyl (C=O) groups excluding carboxylic acids is 2. The Labute approximate surface area is 207 Å². The topological polar surface area (TPSA) is 103 Å². The second kappa shape index (κ2) is 8.98. The normalized spacial score (nSPS) is 12.8. The fourth-order valence-electron chi connectivity index (χ4n) is 4.17. The van der Waals surface area contributed by atoms with E-state index in [0.29, 0.717) is 18.2 Å². The van der Waals surface area contributed by atoms with Crippen molar-refractivity contribution in [2.24, 2.45) is 0 Å². The first-order valence-electron chi connectivity index (χ1n) is 11.1. The average molecular weight is 505 g/mol. The molecule has 3 N–H and O–H groups in total. The van der Waals surface area contributed by atoms with Gasteiger partial charge in [-0.25, -0.2) is 0 Å². The number of benzene rings is 3. The van der Waals surface area contributed by atoms with E-state index in [-0.39, 0.29) is 22.6 Å². The van der Waals surface area contributed by atoms with Crippen LogP contribution in [0.15, 0.2) is 83.7 Å². The van der Waals surface area contributed by atoms with Crippen LogP contribution in [0, 0.1) is 0 Å². The zero-order chi connectivity index (χ0) is 26.3. The predicted octanol–water partition coefficient (Wildman–Crippen LogP) is 4.71. The van der Waals surface area contributed by atoms with E-state index in [9.17, 15) is 27.6 Å². The van der Waals surface area contributed by atoms with Gasteiger partial charge in [0.25, 0.3) is 17.4 Å². The molecule has 2 amide bonds. The van der Waals surface area contributed by atoms with Crippen molar-refractivity contribution in [1.82, 2.24) is 9.88 Å². The molecule has 0 bridgehead atoms. The van der Waals surface area contributed by atoms with Gasteiger partial charge in [-0.2, -0.15) is 13.2 Å². The molecule has 37 heavy (non-hydrogen) atoms. The molecule has 10 heteroatoms. The highest BCUT2D eigenvalue weighted by Crippen LogP contribution is 2.38. The molecule has 0 fully saturated rings. The largest absolute Gasteiger partial charge is 0.455 e. The third-order valence-corrected chi connectivity index (χ3v) is 5.91. The number of rotatable bonds is 5. The first-order valence-corrected chi connectivity index (χ1v) is 11.1. The van der Waals surface area contributed by atoms with Crippen molar-refractivity contribution in [3.63, 3.8) is 0 Å². The SMILES string of the molecule is Nc1c2c(cc(=O)n1-c1cc(C(F)(F)F)ccc1Oc1ccccc1Cc1ccccc1)C(=O)NC2=O. The second-order valence-corrected chi connectivity index (χ2v) is 8.33. The fraction of sp³-hybridized carbons (Fsp3) is 0.0741. The summed E-state index contributed by atoms with van der Waals surface area (Å²) >= 11 is 0. The molecular formula is C27H18F3N3O4. The lowest BCUT2D eigenvalue weighted by Crippen LogP contribution is -2.25. The Balaban J connectivity index is 1.66. The lowest BCUT2D eigenvalue weighted by molar-refractivity contribution is -0.137. The maximum absolute atomic E-state index is 13.6. The molecule has 0 radical (unpaired) electrons. The zero-order valence-corrected chi connectivity index (χ0v) is 19.0. The first-order chi connectivity index (χ1) is 17.6. The highest BCUT2D eigenvalue weighted by Gasteiger charge is 2.34. The number of nitrogen functional groups attached to an aromatic ring is 1. The highest BCUT2D eigenvalue weighted by molar-refractivity contribution is 6.23. The number of para-hydroxylation sites is 1. The predicted molar refractivity (Wildman–Crippen MR) is 129 cm³/mol. The van der Waals surface area contributed by atoms with Crippen LogP contribution < -0.4 is 21.3 Å². The minimum Gasteiger partial charge on any atom is -0.455 e. The summed E-state index contributed by atoms with van der Waals surface area (Å²) in [6.45, 7) is 0. The Morgan fingerprint density at radius 1 is 0.838 bits per heavy atom. The van der Waals surface area contributed by atoms with Crippen molar-refractivity contribution >= 4 is 17.6 Å². The van der Waals surface area contributed by atoms with Crippen molar-refractivity contribution in [2.45, 2.75) is 12.6 Å². The minimum atomic E-state index is -4.74. The summed E-state index contributed by atoms with van der Waals surface area (Å²) in [7, 11) is 0. The molecule has 0 unspecified atom stereocenters. The van der Waals surface area contributed by atoms with Crippen LogP contribution in [0.4, 0.5) is 19.0 Å². The molecule has 5 rings (SSSR count). The monoisotopic (exact) mass is 505 g/mol. The lowest BCUT2D eigenvalue weighted by Gasteiger charge is -2.19. The van der Waals surface area contributed by atoms with Crippen LogP contribution in [0.3, 0.4) is 0 Å². The van der Waals surface area contributed by atoms with Gasteiger partial charge in [-0.3, -0.25) is 24.3 Å². The van der Waals surface area contributed by atoms with Gasteiger partial charge in [0.2, 0.25) is 0 Å². The molecule has 4 aromatic rings. The van der Waals surface area contributed by atoms with E-state index in [1.54, 1.807) is 18.2 Å². The van der Waals surface area contributed by atoms with Crippen LogP contribution in [-0.4, -0.2) is 16.4 Å². The first kappa shape index (κ1) is 23.9. The van der Waals surface area contributed by atoms with E-state index in [0.717, 1.165) is 33.9 Å². The molecular weight excluding hydrogens is 487 g/mol. The van der Waals surface area contributed by atoms with Gasteiger partial charge in [0.1, 0.15) is 11.6 Å².